The Bertz CT molecular complexity index is 1280. The first-order valence-corrected chi connectivity index (χ1v) is 13.0. The molecular formula is C21H24N6OS3. The summed E-state index contributed by atoms with van der Waals surface area (Å²) in [5.74, 6) is 0.853. The quantitative estimate of drug-likeness (QED) is 0.423. The molecule has 1 amide bonds. The van der Waals surface area contributed by atoms with Crippen molar-refractivity contribution < 1.29 is 4.79 Å². The molecule has 1 aliphatic rings. The minimum atomic E-state index is -0.104. The fraction of sp³-hybridized carbons (Fsp3) is 0.476. The summed E-state index contributed by atoms with van der Waals surface area (Å²) in [6.45, 7) is 8.63. The number of carbonyl (C=O) groups is 1. The SMILES string of the molecule is C[C@H]1CCc2c(sc3ncn4c(SCC(=O)Nc5nc(C(C)(C)C)cs5)nnc4c23)C1. The molecule has 0 spiro atoms. The number of anilines is 1. The van der Waals surface area contributed by atoms with Crippen LogP contribution in [-0.2, 0) is 23.1 Å². The number of thioether (sulfide) groups is 1. The molecule has 0 unspecified atom stereocenters. The van der Waals surface area contributed by atoms with Gasteiger partial charge in [-0.05, 0) is 30.7 Å². The second kappa shape index (κ2) is 7.83. The average molecular weight is 473 g/mol. The van der Waals surface area contributed by atoms with E-state index in [2.05, 4.69) is 53.2 Å². The number of thiazole rings is 1. The first kappa shape index (κ1) is 20.8. The number of hydrogen-bond acceptors (Lipinski definition) is 8. The topological polar surface area (TPSA) is 85.1 Å². The molecule has 0 aliphatic heterocycles. The van der Waals surface area contributed by atoms with Crippen molar-refractivity contribution in [3.05, 3.63) is 27.8 Å². The van der Waals surface area contributed by atoms with Crippen LogP contribution in [0, 0.1) is 5.92 Å². The van der Waals surface area contributed by atoms with Gasteiger partial charge in [-0.1, -0.05) is 39.5 Å². The van der Waals surface area contributed by atoms with Gasteiger partial charge >= 0.3 is 0 Å². The summed E-state index contributed by atoms with van der Waals surface area (Å²) in [5.41, 5.74) is 3.17. The lowest BCUT2D eigenvalue weighted by atomic mass is 9.89. The van der Waals surface area contributed by atoms with E-state index in [1.165, 1.54) is 40.0 Å². The number of nitrogens with zero attached hydrogens (tertiary/aromatic N) is 5. The van der Waals surface area contributed by atoms with Crippen LogP contribution in [0.1, 0.15) is 50.3 Å². The highest BCUT2D eigenvalue weighted by molar-refractivity contribution is 7.99. The number of thiophene rings is 1. The molecule has 4 aromatic rings. The number of nitrogens with one attached hydrogen (secondary N) is 1. The standard InChI is InChI=1S/C21H24N6OS3/c1-11-5-6-12-13(7-11)31-18-16(12)17-25-26-20(27(17)10-22-18)30-9-15(28)24-19-23-14(8-29-19)21(2,3)4/h8,10-11H,5-7,9H2,1-4H3,(H,23,24,28)/t11-/m0/s1. The van der Waals surface area contributed by atoms with Crippen LogP contribution in [0.5, 0.6) is 0 Å². The van der Waals surface area contributed by atoms with Crippen LogP contribution in [0.3, 0.4) is 0 Å². The summed E-state index contributed by atoms with van der Waals surface area (Å²) in [4.78, 5) is 24.1. The first-order chi connectivity index (χ1) is 14.8. The molecule has 0 aromatic carbocycles. The van der Waals surface area contributed by atoms with Gasteiger partial charge in [0, 0.05) is 15.7 Å². The number of amides is 1. The van der Waals surface area contributed by atoms with E-state index in [4.69, 9.17) is 0 Å². The highest BCUT2D eigenvalue weighted by Crippen LogP contribution is 2.39. The van der Waals surface area contributed by atoms with Crippen LogP contribution in [0.4, 0.5) is 5.13 Å². The van der Waals surface area contributed by atoms with Gasteiger partial charge in [0.05, 0.1) is 16.8 Å². The van der Waals surface area contributed by atoms with Gasteiger partial charge in [-0.15, -0.1) is 32.9 Å². The lowest BCUT2D eigenvalue weighted by molar-refractivity contribution is -0.113. The minimum absolute atomic E-state index is 0.0358. The zero-order chi connectivity index (χ0) is 21.8. The third-order valence-corrected chi connectivity index (χ3v) is 8.39. The van der Waals surface area contributed by atoms with Crippen LogP contribution in [0.2, 0.25) is 0 Å². The average Bonchev–Trinajstić information content (AvgIpc) is 3.41. The predicted octanol–water partition coefficient (Wildman–Crippen LogP) is 4.95. The summed E-state index contributed by atoms with van der Waals surface area (Å²) in [6.07, 6.45) is 5.16. The van der Waals surface area contributed by atoms with Gasteiger partial charge in [0.1, 0.15) is 11.2 Å². The van der Waals surface area contributed by atoms with Gasteiger partial charge in [-0.25, -0.2) is 9.97 Å². The van der Waals surface area contributed by atoms with Gasteiger partial charge in [0.2, 0.25) is 5.91 Å². The molecule has 1 aliphatic carbocycles. The molecule has 31 heavy (non-hydrogen) atoms. The number of fused-ring (bicyclic) bond motifs is 5. The minimum Gasteiger partial charge on any atom is -0.301 e. The van der Waals surface area contributed by atoms with E-state index >= 15 is 0 Å². The molecule has 1 atom stereocenters. The summed E-state index contributed by atoms with van der Waals surface area (Å²) in [5, 5.41) is 16.1. The normalized spacial score (nSPS) is 16.7. The Labute approximate surface area is 192 Å². The van der Waals surface area contributed by atoms with E-state index in [9.17, 15) is 4.79 Å². The fourth-order valence-electron chi connectivity index (χ4n) is 3.78. The van der Waals surface area contributed by atoms with Crippen molar-refractivity contribution in [2.24, 2.45) is 5.92 Å². The Morgan fingerprint density at radius 2 is 2.19 bits per heavy atom. The Kier molecular flexibility index (Phi) is 5.26. The maximum atomic E-state index is 12.5. The lowest BCUT2D eigenvalue weighted by Gasteiger charge is -2.17. The Balaban J connectivity index is 1.33. The van der Waals surface area contributed by atoms with Crippen molar-refractivity contribution in [1.82, 2.24) is 24.6 Å². The number of hydrogen-bond donors (Lipinski definition) is 1. The van der Waals surface area contributed by atoms with Crippen molar-refractivity contribution in [2.45, 2.75) is 57.5 Å². The Morgan fingerprint density at radius 1 is 1.35 bits per heavy atom. The molecule has 0 bridgehead atoms. The van der Waals surface area contributed by atoms with Crippen LogP contribution in [-0.4, -0.2) is 36.2 Å². The second-order valence-corrected chi connectivity index (χ2v) is 12.0. The van der Waals surface area contributed by atoms with E-state index in [0.717, 1.165) is 40.3 Å². The van der Waals surface area contributed by atoms with Gasteiger partial charge in [0.15, 0.2) is 15.9 Å². The molecule has 162 valence electrons. The molecule has 5 rings (SSSR count). The van der Waals surface area contributed by atoms with E-state index in [1.54, 1.807) is 17.7 Å². The highest BCUT2D eigenvalue weighted by atomic mass is 32.2. The van der Waals surface area contributed by atoms with Crippen molar-refractivity contribution in [3.63, 3.8) is 0 Å². The molecule has 1 N–H and O–H groups in total. The molecule has 4 aromatic heterocycles. The number of aromatic nitrogens is 5. The molecule has 0 fully saturated rings. The van der Waals surface area contributed by atoms with Crippen LogP contribution in [0.15, 0.2) is 16.9 Å². The molecule has 7 nitrogen and oxygen atoms in total. The fourth-order valence-corrected chi connectivity index (χ4v) is 6.78. The van der Waals surface area contributed by atoms with E-state index in [-0.39, 0.29) is 17.1 Å². The van der Waals surface area contributed by atoms with Gasteiger partial charge in [-0.3, -0.25) is 9.20 Å². The van der Waals surface area contributed by atoms with Crippen LogP contribution < -0.4 is 5.32 Å². The molecule has 0 saturated heterocycles. The molecule has 10 heteroatoms. The summed E-state index contributed by atoms with van der Waals surface area (Å²) < 4.78 is 1.91. The number of aryl methyl sites for hydroxylation is 1. The van der Waals surface area contributed by atoms with E-state index in [0.29, 0.717) is 10.3 Å². The molecule has 4 heterocycles. The van der Waals surface area contributed by atoms with Gasteiger partial charge in [0.25, 0.3) is 0 Å². The van der Waals surface area contributed by atoms with Gasteiger partial charge < -0.3 is 5.32 Å². The largest absolute Gasteiger partial charge is 0.301 e. The molecule has 0 radical (unpaired) electrons. The van der Waals surface area contributed by atoms with E-state index in [1.807, 2.05) is 9.78 Å². The molecular weight excluding hydrogens is 448 g/mol. The predicted molar refractivity (Wildman–Crippen MR) is 128 cm³/mol. The lowest BCUT2D eigenvalue weighted by Crippen LogP contribution is -2.15. The van der Waals surface area contributed by atoms with E-state index < -0.39 is 0 Å². The van der Waals surface area contributed by atoms with Crippen LogP contribution in [0.25, 0.3) is 15.9 Å². The molecule has 0 saturated carbocycles. The van der Waals surface area contributed by atoms with Crippen molar-refractivity contribution in [1.29, 1.82) is 0 Å². The summed E-state index contributed by atoms with van der Waals surface area (Å²) in [7, 11) is 0. The first-order valence-electron chi connectivity index (χ1n) is 10.3. The highest BCUT2D eigenvalue weighted by Gasteiger charge is 2.24. The third-order valence-electron chi connectivity index (χ3n) is 5.52. The van der Waals surface area contributed by atoms with Crippen molar-refractivity contribution >= 4 is 61.3 Å². The number of rotatable bonds is 4. The maximum absolute atomic E-state index is 12.5. The monoisotopic (exact) mass is 472 g/mol. The third kappa shape index (κ3) is 3.96. The smallest absolute Gasteiger partial charge is 0.236 e. The Morgan fingerprint density at radius 3 is 2.97 bits per heavy atom. The summed E-state index contributed by atoms with van der Waals surface area (Å²) in [6, 6.07) is 0. The van der Waals surface area contributed by atoms with Gasteiger partial charge in [-0.2, -0.15) is 0 Å². The van der Waals surface area contributed by atoms with Crippen molar-refractivity contribution in [3.8, 4) is 0 Å². The zero-order valence-electron chi connectivity index (χ0n) is 17.9. The second-order valence-electron chi connectivity index (χ2n) is 9.08. The van der Waals surface area contributed by atoms with Crippen LogP contribution >= 0.6 is 34.4 Å². The zero-order valence-corrected chi connectivity index (χ0v) is 20.4. The number of carbonyl (C=O) groups excluding carboxylic acids is 1. The summed E-state index contributed by atoms with van der Waals surface area (Å²) >= 11 is 4.60. The van der Waals surface area contributed by atoms with Crippen molar-refractivity contribution in [2.75, 3.05) is 11.1 Å². The maximum Gasteiger partial charge on any atom is 0.236 e. The Hall–Kier alpha value is -2.04.